The summed E-state index contributed by atoms with van der Waals surface area (Å²) in [7, 11) is 0. The van der Waals surface area contributed by atoms with E-state index in [1.54, 1.807) is 12.2 Å². The van der Waals surface area contributed by atoms with Crippen LogP contribution in [0.3, 0.4) is 0 Å². The molecule has 1 N–H and O–H groups in total. The van der Waals surface area contributed by atoms with Crippen LogP contribution in [0.5, 0.6) is 0 Å². The van der Waals surface area contributed by atoms with Crippen LogP contribution < -0.4 is 0 Å². The van der Waals surface area contributed by atoms with E-state index in [0.29, 0.717) is 5.76 Å². The number of carboxylic acids is 1. The van der Waals surface area contributed by atoms with Crippen molar-refractivity contribution in [1.29, 1.82) is 0 Å². The van der Waals surface area contributed by atoms with E-state index in [2.05, 4.69) is 0 Å². The Labute approximate surface area is 85.6 Å². The maximum atomic E-state index is 11.0. The van der Waals surface area contributed by atoms with Crippen molar-refractivity contribution < 1.29 is 14.3 Å². The Morgan fingerprint density at radius 1 is 1.33 bits per heavy atom. The fourth-order valence-electron chi connectivity index (χ4n) is 2.01. The summed E-state index contributed by atoms with van der Waals surface area (Å²) < 4.78 is 5.54. The summed E-state index contributed by atoms with van der Waals surface area (Å²) in [5, 5.41) is 9.94. The average Bonchev–Trinajstić information content (AvgIpc) is 2.74. The molecule has 1 aromatic heterocycles. The molecule has 74 valence electrons. The molecule has 1 heterocycles. The van der Waals surface area contributed by atoms with Crippen molar-refractivity contribution in [1.82, 2.24) is 0 Å². The molecule has 0 fully saturated rings. The molecule has 3 heteroatoms. The van der Waals surface area contributed by atoms with Crippen LogP contribution in [-0.4, -0.2) is 11.1 Å². The van der Waals surface area contributed by atoms with Gasteiger partial charge in [0.15, 0.2) is 0 Å². The third kappa shape index (κ3) is 1.03. The molecule has 1 atom stereocenters. The van der Waals surface area contributed by atoms with E-state index in [9.17, 15) is 4.79 Å². The number of carbonyl (C=O) groups is 1. The van der Waals surface area contributed by atoms with Crippen LogP contribution in [0.1, 0.15) is 17.2 Å². The van der Waals surface area contributed by atoms with Gasteiger partial charge >= 0.3 is 5.97 Å². The topological polar surface area (TPSA) is 50.4 Å². The molecule has 0 bridgehead atoms. The largest absolute Gasteiger partial charge is 0.481 e. The lowest BCUT2D eigenvalue weighted by Gasteiger charge is -2.01. The van der Waals surface area contributed by atoms with Crippen LogP contribution in [0.25, 0.3) is 17.0 Å². The monoisotopic (exact) mass is 200 g/mol. The number of aliphatic carboxylic acids is 1. The van der Waals surface area contributed by atoms with E-state index in [1.165, 1.54) is 0 Å². The minimum Gasteiger partial charge on any atom is -0.481 e. The lowest BCUT2D eigenvalue weighted by atomic mass is 10.0. The molecule has 3 rings (SSSR count). The molecule has 0 radical (unpaired) electrons. The minimum absolute atomic E-state index is 0.566. The van der Waals surface area contributed by atoms with E-state index in [0.717, 1.165) is 16.5 Å². The molecule has 0 amide bonds. The van der Waals surface area contributed by atoms with Crippen LogP contribution in [0.4, 0.5) is 0 Å². The first-order valence-electron chi connectivity index (χ1n) is 4.70. The highest BCUT2D eigenvalue weighted by molar-refractivity contribution is 5.95. The molecule has 0 saturated carbocycles. The average molecular weight is 200 g/mol. The molecule has 0 spiro atoms. The van der Waals surface area contributed by atoms with Crippen molar-refractivity contribution in [2.24, 2.45) is 0 Å². The highest BCUT2D eigenvalue weighted by Gasteiger charge is 2.29. The number of hydrogen-bond donors (Lipinski definition) is 1. The maximum absolute atomic E-state index is 11.0. The van der Waals surface area contributed by atoms with Gasteiger partial charge in [-0.25, -0.2) is 0 Å². The molecule has 15 heavy (non-hydrogen) atoms. The molecule has 3 nitrogen and oxygen atoms in total. The fraction of sp³-hybridized carbons (Fsp3) is 0.0833. The van der Waals surface area contributed by atoms with E-state index in [4.69, 9.17) is 9.52 Å². The van der Waals surface area contributed by atoms with Crippen LogP contribution in [0, 0.1) is 0 Å². The van der Waals surface area contributed by atoms with Crippen molar-refractivity contribution in [2.45, 2.75) is 5.92 Å². The standard InChI is InChI=1S/C12H8O3/c13-12(14)8-5-6-10-11(8)7-3-1-2-4-9(7)15-10/h1-6,8H,(H,13,14). The first kappa shape index (κ1) is 8.29. The van der Waals surface area contributed by atoms with E-state index < -0.39 is 11.9 Å². The highest BCUT2D eigenvalue weighted by atomic mass is 16.4. The number of para-hydroxylation sites is 1. The summed E-state index contributed by atoms with van der Waals surface area (Å²) in [6, 6.07) is 7.50. The second-order valence-electron chi connectivity index (χ2n) is 3.55. The Balaban J connectivity index is 2.33. The first-order chi connectivity index (χ1) is 7.27. The minimum atomic E-state index is -0.837. The number of furan rings is 1. The SMILES string of the molecule is O=C(O)C1C=Cc2oc3ccccc3c21. The molecule has 0 aliphatic heterocycles. The van der Waals surface area contributed by atoms with E-state index in [-0.39, 0.29) is 0 Å². The number of fused-ring (bicyclic) bond motifs is 3. The number of benzene rings is 1. The third-order valence-corrected chi connectivity index (χ3v) is 2.68. The summed E-state index contributed by atoms with van der Waals surface area (Å²) >= 11 is 0. The van der Waals surface area contributed by atoms with Crippen molar-refractivity contribution in [2.75, 3.05) is 0 Å². The second-order valence-corrected chi connectivity index (χ2v) is 3.55. The van der Waals surface area contributed by atoms with Gasteiger partial charge in [0.25, 0.3) is 0 Å². The van der Waals surface area contributed by atoms with Gasteiger partial charge in [0.2, 0.25) is 0 Å². The number of carboxylic acid groups (broad SMARTS) is 1. The van der Waals surface area contributed by atoms with Gasteiger partial charge < -0.3 is 9.52 Å². The number of rotatable bonds is 1. The molecule has 0 saturated heterocycles. The van der Waals surface area contributed by atoms with Crippen molar-refractivity contribution in [3.05, 3.63) is 41.7 Å². The third-order valence-electron chi connectivity index (χ3n) is 2.68. The van der Waals surface area contributed by atoms with Crippen LogP contribution in [-0.2, 0) is 4.79 Å². The molecular weight excluding hydrogens is 192 g/mol. The predicted octanol–water partition coefficient (Wildman–Crippen LogP) is 2.63. The lowest BCUT2D eigenvalue weighted by molar-refractivity contribution is -0.137. The normalized spacial score (nSPS) is 18.3. The summed E-state index contributed by atoms with van der Waals surface area (Å²) in [4.78, 5) is 11.0. The van der Waals surface area contributed by atoms with Crippen LogP contribution in [0.2, 0.25) is 0 Å². The van der Waals surface area contributed by atoms with Gasteiger partial charge in [-0.2, -0.15) is 0 Å². The van der Waals surface area contributed by atoms with Crippen LogP contribution >= 0.6 is 0 Å². The Morgan fingerprint density at radius 2 is 2.13 bits per heavy atom. The molecule has 1 aromatic carbocycles. The van der Waals surface area contributed by atoms with Crippen molar-refractivity contribution in [3.63, 3.8) is 0 Å². The summed E-state index contributed by atoms with van der Waals surface area (Å²) in [6.45, 7) is 0. The first-order valence-corrected chi connectivity index (χ1v) is 4.70. The van der Waals surface area contributed by atoms with Crippen molar-refractivity contribution in [3.8, 4) is 0 Å². The van der Waals surface area contributed by atoms with E-state index >= 15 is 0 Å². The molecular formula is C12H8O3. The zero-order valence-corrected chi connectivity index (χ0v) is 7.81. The number of hydrogen-bond acceptors (Lipinski definition) is 2. The van der Waals surface area contributed by atoms with Crippen molar-refractivity contribution >= 4 is 23.0 Å². The van der Waals surface area contributed by atoms with Gasteiger partial charge in [0.1, 0.15) is 17.3 Å². The fourth-order valence-corrected chi connectivity index (χ4v) is 2.01. The zero-order chi connectivity index (χ0) is 10.4. The molecule has 1 unspecified atom stereocenters. The van der Waals surface area contributed by atoms with Gasteiger partial charge in [-0.1, -0.05) is 24.3 Å². The summed E-state index contributed by atoms with van der Waals surface area (Å²) in [5.41, 5.74) is 1.52. The quantitative estimate of drug-likeness (QED) is 0.769. The van der Waals surface area contributed by atoms with Gasteiger partial charge in [-0.05, 0) is 12.1 Å². The molecule has 1 aliphatic rings. The Morgan fingerprint density at radius 3 is 2.93 bits per heavy atom. The summed E-state index contributed by atoms with van der Waals surface area (Å²) in [5.74, 6) is -0.733. The predicted molar refractivity (Wildman–Crippen MR) is 55.6 cm³/mol. The smallest absolute Gasteiger partial charge is 0.315 e. The van der Waals surface area contributed by atoms with Gasteiger partial charge in [0.05, 0.1) is 0 Å². The van der Waals surface area contributed by atoms with Gasteiger partial charge in [0, 0.05) is 10.9 Å². The maximum Gasteiger partial charge on any atom is 0.315 e. The Bertz CT molecular complexity index is 578. The van der Waals surface area contributed by atoms with Gasteiger partial charge in [-0.3, -0.25) is 4.79 Å². The Kier molecular flexibility index (Phi) is 1.51. The zero-order valence-electron chi connectivity index (χ0n) is 7.81. The highest BCUT2D eigenvalue weighted by Crippen LogP contribution is 2.38. The molecule has 1 aliphatic carbocycles. The Hall–Kier alpha value is -2.03. The summed E-state index contributed by atoms with van der Waals surface area (Å²) in [6.07, 6.45) is 3.39. The van der Waals surface area contributed by atoms with E-state index in [1.807, 2.05) is 24.3 Å². The molecule has 2 aromatic rings. The van der Waals surface area contributed by atoms with Crippen LogP contribution in [0.15, 0.2) is 34.8 Å². The van der Waals surface area contributed by atoms with Gasteiger partial charge in [-0.15, -0.1) is 0 Å². The second kappa shape index (κ2) is 2.73. The lowest BCUT2D eigenvalue weighted by Crippen LogP contribution is -2.06.